The molecule has 0 radical (unpaired) electrons. The maximum atomic E-state index is 12.3. The number of carbonyl (C=O) groups is 7. The topological polar surface area (TPSA) is 496 Å². The molecule has 120 heavy (non-hydrogen) atoms. The number of phenols is 2. The number of phenolic OH excluding ortho intramolecular Hbond substituents is 2. The van der Waals surface area contributed by atoms with E-state index >= 15 is 0 Å². The molecule has 0 saturated heterocycles. The third-order valence-corrected chi connectivity index (χ3v) is 14.7. The number of hydrogen-bond donors (Lipinski definition) is 9. The third kappa shape index (κ3) is 33.4. The second kappa shape index (κ2) is 43.9. The monoisotopic (exact) mass is 1650 g/mol. The van der Waals surface area contributed by atoms with Crippen molar-refractivity contribution in [2.75, 3.05) is 34.4 Å². The molecule has 0 spiro atoms. The molecular weight excluding hydrogens is 1540 g/mol. The number of carboxylic acids is 1. The zero-order valence-corrected chi connectivity index (χ0v) is 72.0. The molecule has 10 aromatic rings. The highest BCUT2D eigenvalue weighted by molar-refractivity contribution is 5.97. The fourth-order valence-electron chi connectivity index (χ4n) is 9.04. The van der Waals surface area contributed by atoms with Gasteiger partial charge in [-0.2, -0.15) is 0 Å². The predicted octanol–water partition coefficient (Wildman–Crippen LogP) is 15.6. The summed E-state index contributed by atoms with van der Waals surface area (Å²) in [6.07, 6.45) is -2.02. The number of nitrogens with zero attached hydrogens (tertiary/aromatic N) is 16. The first-order valence-corrected chi connectivity index (χ1v) is 38.4. The molecule has 9 N–H and O–H groups in total. The van der Waals surface area contributed by atoms with Crippen molar-refractivity contribution in [1.29, 1.82) is 0 Å². The lowest BCUT2D eigenvalue weighted by Crippen LogP contribution is -2.34. The first-order valence-electron chi connectivity index (χ1n) is 38.4. The van der Waals surface area contributed by atoms with E-state index in [0.29, 0.717) is 70.9 Å². The minimum absolute atomic E-state index is 0.00386. The summed E-state index contributed by atoms with van der Waals surface area (Å²) in [6.45, 7) is 42.7. The van der Waals surface area contributed by atoms with E-state index in [1.165, 1.54) is 24.3 Å². The molecule has 6 aromatic carbocycles. The van der Waals surface area contributed by atoms with Crippen molar-refractivity contribution in [3.05, 3.63) is 157 Å². The van der Waals surface area contributed by atoms with Gasteiger partial charge in [0, 0.05) is 81.5 Å². The summed E-state index contributed by atoms with van der Waals surface area (Å²) in [5.41, 5.74) is 1.35. The number of aromatic hydroxyl groups is 2. The number of benzene rings is 6. The standard InChI is InChI=1S/C25H28N6O5.C24H28N6O5.C16H21N5O2.C15H19N5O2.2C2H6/c1-24(2,3)22(34)26-16-10-7-14(8-11-16)19-28-30-20(31-29-19)17-12-9-15(21(32)33)13-18(17)27-23(35)36-25(4,5)6;1-23(2,3)21(33)25-14-9-7-13(8-10-14)19-27-29-20(30-28-19)15-11-17(31)18(32)12-16(15)26-22(34)35-24(4,5)6;1-11(10-17-15(22)23-16(2,3)4)13-18-20-14(21-19-13)12-8-6-5-7-9-12;1-15(2,3)22-14(21)16-10-9-12-17-19-13(20-18-12)11-7-5-4-6-8-11;2*1-2/h7-13H,1-6H3,(H,26,34)(H,27,35)(H,32,33);7-12,31-32H,1-6H3,(H,25,33)(H,26,34);5-9,11H,10H2,1-4H3,(H,17,22);4-8H,9-10H2,1-3H3,(H,16,21);2*1-2H3. The van der Waals surface area contributed by atoms with Gasteiger partial charge in [-0.1, -0.05) is 137 Å². The molecule has 0 aliphatic carbocycles. The third-order valence-electron chi connectivity index (χ3n) is 14.7. The van der Waals surface area contributed by atoms with Gasteiger partial charge in [0.05, 0.1) is 22.5 Å². The van der Waals surface area contributed by atoms with Crippen molar-refractivity contribution in [3.8, 4) is 79.8 Å². The average molecular weight is 1650 g/mol. The lowest BCUT2D eigenvalue weighted by Gasteiger charge is -2.20. The molecule has 10 rings (SSSR count). The lowest BCUT2D eigenvalue weighted by atomic mass is 9.95. The highest BCUT2D eigenvalue weighted by Gasteiger charge is 2.27. The Balaban J connectivity index is 0.000000287. The zero-order valence-electron chi connectivity index (χ0n) is 72.0. The molecule has 1 atom stereocenters. The van der Waals surface area contributed by atoms with Crippen LogP contribution in [-0.2, 0) is 35.0 Å². The van der Waals surface area contributed by atoms with Gasteiger partial charge >= 0.3 is 30.3 Å². The average Bonchev–Trinajstić information content (AvgIpc) is 0.799. The Kier molecular flexibility index (Phi) is 35.4. The van der Waals surface area contributed by atoms with Crippen LogP contribution in [0.15, 0.2) is 140 Å². The van der Waals surface area contributed by atoms with E-state index in [9.17, 15) is 48.9 Å². The second-order valence-corrected chi connectivity index (χ2v) is 31.8. The zero-order chi connectivity index (χ0) is 89.5. The highest BCUT2D eigenvalue weighted by atomic mass is 16.6. The molecule has 36 heteroatoms. The maximum Gasteiger partial charge on any atom is 0.412 e. The van der Waals surface area contributed by atoms with Crippen LogP contribution < -0.4 is 31.9 Å². The number of anilines is 4. The molecule has 0 fully saturated rings. The van der Waals surface area contributed by atoms with Crippen molar-refractivity contribution in [2.24, 2.45) is 10.8 Å². The van der Waals surface area contributed by atoms with Gasteiger partial charge in [-0.3, -0.25) is 20.2 Å². The van der Waals surface area contributed by atoms with Crippen molar-refractivity contribution < 1.29 is 67.8 Å². The number of carboxylic acid groups (broad SMARTS) is 1. The maximum absolute atomic E-state index is 12.3. The Morgan fingerprint density at radius 2 is 0.683 bits per heavy atom. The first kappa shape index (κ1) is 96.8. The SMILES string of the molecule is CC.CC.CC(C)(C)OC(=O)NCCc1nnc(-c2ccccc2)nn1.CC(C)(C)OC(=O)Nc1cc(C(=O)O)ccc1-c1nnc(-c2ccc(NC(=O)C(C)(C)C)cc2)nn1.CC(C)(C)OC(=O)Nc1cc(O)c(O)cc1-c1nnc(-c2ccc(NC(=O)C(C)(C)C)cc2)nn1.CC(CNC(=O)OC(C)(C)C)c1nnc(-c2ccccc2)nn1. The summed E-state index contributed by atoms with van der Waals surface area (Å²) in [6, 6.07) is 39.2. The minimum Gasteiger partial charge on any atom is -0.504 e. The van der Waals surface area contributed by atoms with Crippen LogP contribution in [0.4, 0.5) is 41.9 Å². The fraction of sp³-hybridized carbons (Fsp3) is 0.393. The minimum atomic E-state index is -1.16. The molecule has 0 bridgehead atoms. The van der Waals surface area contributed by atoms with Crippen LogP contribution in [0.2, 0.25) is 0 Å². The number of hydrogen-bond acceptors (Lipinski definition) is 29. The van der Waals surface area contributed by atoms with Crippen molar-refractivity contribution in [1.82, 2.24) is 92.2 Å². The van der Waals surface area contributed by atoms with Crippen LogP contribution in [0.25, 0.3) is 68.3 Å². The van der Waals surface area contributed by atoms with Gasteiger partial charge in [-0.15, -0.1) is 81.6 Å². The van der Waals surface area contributed by atoms with Crippen LogP contribution in [-0.4, -0.2) is 175 Å². The lowest BCUT2D eigenvalue weighted by molar-refractivity contribution is -0.123. The molecule has 0 aliphatic heterocycles. The number of nitrogens with one attached hydrogen (secondary N) is 6. The van der Waals surface area contributed by atoms with Crippen molar-refractivity contribution in [2.45, 2.75) is 194 Å². The van der Waals surface area contributed by atoms with Gasteiger partial charge < -0.3 is 55.5 Å². The Morgan fingerprint density at radius 3 is 1.06 bits per heavy atom. The normalized spacial score (nSPS) is 11.4. The number of ether oxygens (including phenoxy) is 4. The number of alkyl carbamates (subject to hydrolysis) is 2. The van der Waals surface area contributed by atoms with Crippen LogP contribution in [0.1, 0.15) is 187 Å². The predicted molar refractivity (Wildman–Crippen MR) is 453 cm³/mol. The van der Waals surface area contributed by atoms with Crippen molar-refractivity contribution >= 4 is 64.9 Å². The number of amides is 6. The van der Waals surface area contributed by atoms with Crippen molar-refractivity contribution in [3.63, 3.8) is 0 Å². The van der Waals surface area contributed by atoms with E-state index in [1.54, 1.807) is 90.1 Å². The van der Waals surface area contributed by atoms with E-state index in [-0.39, 0.29) is 63.5 Å². The Morgan fingerprint density at radius 1 is 0.358 bits per heavy atom. The summed E-state index contributed by atoms with van der Waals surface area (Å²) in [7, 11) is 0. The molecule has 4 heterocycles. The molecule has 0 saturated carbocycles. The fourth-order valence-corrected chi connectivity index (χ4v) is 9.04. The van der Waals surface area contributed by atoms with Crippen LogP contribution >= 0.6 is 0 Å². The summed E-state index contributed by atoms with van der Waals surface area (Å²) in [5.74, 6) is 0.0685. The molecule has 6 amide bonds. The molecule has 0 aliphatic rings. The van der Waals surface area contributed by atoms with E-state index in [0.717, 1.165) is 17.2 Å². The van der Waals surface area contributed by atoms with Gasteiger partial charge in [0.2, 0.25) is 46.8 Å². The van der Waals surface area contributed by atoms with Gasteiger partial charge in [-0.05, 0) is 156 Å². The van der Waals surface area contributed by atoms with E-state index in [4.69, 9.17) is 18.9 Å². The number of aromatic nitrogens is 16. The molecule has 638 valence electrons. The van der Waals surface area contributed by atoms with Crippen LogP contribution in [0.5, 0.6) is 11.5 Å². The molecule has 1 unspecified atom stereocenters. The molecular formula is C84H108N22O14. The van der Waals surface area contributed by atoms with Gasteiger partial charge in [0.15, 0.2) is 23.1 Å². The van der Waals surface area contributed by atoms with Crippen LogP contribution in [0, 0.1) is 10.8 Å². The summed E-state index contributed by atoms with van der Waals surface area (Å²) < 4.78 is 20.8. The quantitative estimate of drug-likeness (QED) is 0.0232. The number of rotatable bonds is 17. The molecule has 4 aromatic heterocycles. The van der Waals surface area contributed by atoms with E-state index in [1.807, 2.05) is 178 Å². The smallest absolute Gasteiger partial charge is 0.412 e. The second-order valence-electron chi connectivity index (χ2n) is 31.8. The summed E-state index contributed by atoms with van der Waals surface area (Å²) >= 11 is 0. The Hall–Kier alpha value is -13.8. The van der Waals surface area contributed by atoms with Gasteiger partial charge in [0.1, 0.15) is 22.4 Å². The summed E-state index contributed by atoms with van der Waals surface area (Å²) in [5, 5.41) is 110. The van der Waals surface area contributed by atoms with Gasteiger partial charge in [-0.25, -0.2) is 24.0 Å². The van der Waals surface area contributed by atoms with E-state index in [2.05, 4.69) is 113 Å². The van der Waals surface area contributed by atoms with E-state index < -0.39 is 75.1 Å². The Bertz CT molecular complexity index is 4980. The first-order chi connectivity index (χ1) is 56.2. The Labute approximate surface area is 697 Å². The summed E-state index contributed by atoms with van der Waals surface area (Å²) in [4.78, 5) is 83.4. The largest absolute Gasteiger partial charge is 0.504 e. The number of carbonyl (C=O) groups excluding carboxylic acids is 6. The molecule has 36 nitrogen and oxygen atoms in total. The number of aromatic carboxylic acids is 1. The highest BCUT2D eigenvalue weighted by Crippen LogP contribution is 2.37. The van der Waals surface area contributed by atoms with Crippen LogP contribution in [0.3, 0.4) is 0 Å². The van der Waals surface area contributed by atoms with Gasteiger partial charge in [0.25, 0.3) is 0 Å².